The van der Waals surface area contributed by atoms with Gasteiger partial charge in [0.15, 0.2) is 9.84 Å². The number of benzene rings is 1. The summed E-state index contributed by atoms with van der Waals surface area (Å²) in [6, 6.07) is 5.49. The van der Waals surface area contributed by atoms with Gasteiger partial charge < -0.3 is 4.90 Å². The van der Waals surface area contributed by atoms with Gasteiger partial charge in [-0.1, -0.05) is 17.7 Å². The highest BCUT2D eigenvalue weighted by atomic mass is 35.5. The van der Waals surface area contributed by atoms with E-state index in [2.05, 4.69) is 4.90 Å². The zero-order valence-corrected chi connectivity index (χ0v) is 12.4. The topological polar surface area (TPSA) is 37.4 Å². The second kappa shape index (κ2) is 5.27. The van der Waals surface area contributed by atoms with Crippen LogP contribution in [-0.2, 0) is 15.7 Å². The van der Waals surface area contributed by atoms with Crippen LogP contribution in [0.5, 0.6) is 0 Å². The second-order valence-electron chi connectivity index (χ2n) is 4.56. The Morgan fingerprint density at radius 2 is 2.17 bits per heavy atom. The normalized spacial score (nSPS) is 23.1. The van der Waals surface area contributed by atoms with Crippen LogP contribution in [0.4, 0.5) is 5.69 Å². The van der Waals surface area contributed by atoms with Crippen LogP contribution in [-0.4, -0.2) is 32.5 Å². The zero-order valence-electron chi connectivity index (χ0n) is 10.1. The molecule has 1 heterocycles. The van der Waals surface area contributed by atoms with E-state index in [1.807, 2.05) is 19.1 Å². The molecule has 2 rings (SSSR count). The van der Waals surface area contributed by atoms with Crippen molar-refractivity contribution in [3.63, 3.8) is 0 Å². The maximum atomic E-state index is 11.6. The van der Waals surface area contributed by atoms with Gasteiger partial charge in [0, 0.05) is 29.2 Å². The molecule has 0 aliphatic carbocycles. The summed E-state index contributed by atoms with van der Waals surface area (Å²) in [5.74, 6) is 0.759. The summed E-state index contributed by atoms with van der Waals surface area (Å²) in [6.07, 6.45) is 0. The first-order valence-electron chi connectivity index (χ1n) is 5.74. The third kappa shape index (κ3) is 2.92. The minimum Gasteiger partial charge on any atom is -0.366 e. The van der Waals surface area contributed by atoms with E-state index in [1.165, 1.54) is 0 Å². The molecule has 0 saturated carbocycles. The minimum absolute atomic E-state index is 0.0517. The van der Waals surface area contributed by atoms with Crippen LogP contribution in [0.2, 0.25) is 5.02 Å². The van der Waals surface area contributed by atoms with Gasteiger partial charge in [-0.3, -0.25) is 0 Å². The third-order valence-corrected chi connectivity index (χ3v) is 5.49. The SMILES string of the molecule is CC1CS(=O)(=O)CCN1c1cc(Cl)ccc1CCl. The molecule has 3 nitrogen and oxygen atoms in total. The molecule has 6 heteroatoms. The monoisotopic (exact) mass is 307 g/mol. The summed E-state index contributed by atoms with van der Waals surface area (Å²) >= 11 is 11.9. The van der Waals surface area contributed by atoms with Crippen LogP contribution in [0.15, 0.2) is 18.2 Å². The number of sulfone groups is 1. The van der Waals surface area contributed by atoms with Gasteiger partial charge in [0.05, 0.1) is 11.5 Å². The molecule has 0 bridgehead atoms. The Morgan fingerprint density at radius 3 is 2.78 bits per heavy atom. The van der Waals surface area contributed by atoms with Crippen LogP contribution >= 0.6 is 23.2 Å². The number of halogens is 2. The van der Waals surface area contributed by atoms with E-state index in [1.54, 1.807) is 6.07 Å². The average molecular weight is 308 g/mol. The molecule has 1 aromatic carbocycles. The Balaban J connectivity index is 2.34. The lowest BCUT2D eigenvalue weighted by atomic mass is 10.1. The number of hydrogen-bond donors (Lipinski definition) is 0. The molecular formula is C12H15Cl2NO2S. The Labute approximate surface area is 118 Å². The van der Waals surface area contributed by atoms with Crippen molar-refractivity contribution < 1.29 is 8.42 Å². The summed E-state index contributed by atoms with van der Waals surface area (Å²) in [5, 5.41) is 0.638. The smallest absolute Gasteiger partial charge is 0.154 e. The van der Waals surface area contributed by atoms with Crippen LogP contribution in [0.1, 0.15) is 12.5 Å². The Kier molecular flexibility index (Phi) is 4.09. The van der Waals surface area contributed by atoms with Gasteiger partial charge in [0.1, 0.15) is 0 Å². The molecule has 0 spiro atoms. The molecule has 1 aliphatic heterocycles. The highest BCUT2D eigenvalue weighted by Crippen LogP contribution is 2.29. The first-order valence-corrected chi connectivity index (χ1v) is 8.48. The van der Waals surface area contributed by atoms with E-state index in [0.717, 1.165) is 11.3 Å². The standard InChI is InChI=1S/C12H15Cl2NO2S/c1-9-8-18(16,17)5-4-15(9)12-6-11(14)3-2-10(12)7-13/h2-3,6,9H,4-5,7-8H2,1H3. The summed E-state index contributed by atoms with van der Waals surface area (Å²) in [7, 11) is -2.91. The highest BCUT2D eigenvalue weighted by molar-refractivity contribution is 7.91. The van der Waals surface area contributed by atoms with Crippen molar-refractivity contribution in [1.29, 1.82) is 0 Å². The number of alkyl halides is 1. The Hall–Kier alpha value is -0.450. The Morgan fingerprint density at radius 1 is 1.44 bits per heavy atom. The van der Waals surface area contributed by atoms with Crippen molar-refractivity contribution in [2.24, 2.45) is 0 Å². The van der Waals surface area contributed by atoms with Gasteiger partial charge in [-0.2, -0.15) is 0 Å². The van der Waals surface area contributed by atoms with E-state index >= 15 is 0 Å². The molecule has 0 N–H and O–H groups in total. The van der Waals surface area contributed by atoms with Crippen molar-refractivity contribution in [2.45, 2.75) is 18.8 Å². The quantitative estimate of drug-likeness (QED) is 0.788. The maximum Gasteiger partial charge on any atom is 0.154 e. The summed E-state index contributed by atoms with van der Waals surface area (Å²) in [6.45, 7) is 2.41. The van der Waals surface area contributed by atoms with Crippen molar-refractivity contribution in [3.8, 4) is 0 Å². The van der Waals surface area contributed by atoms with E-state index in [4.69, 9.17) is 23.2 Å². The molecule has 0 radical (unpaired) electrons. The van der Waals surface area contributed by atoms with E-state index in [0.29, 0.717) is 17.4 Å². The lowest BCUT2D eigenvalue weighted by molar-refractivity contribution is 0.568. The molecule has 0 amide bonds. The van der Waals surface area contributed by atoms with Gasteiger partial charge in [-0.25, -0.2) is 8.42 Å². The largest absolute Gasteiger partial charge is 0.366 e. The number of nitrogens with zero attached hydrogens (tertiary/aromatic N) is 1. The van der Waals surface area contributed by atoms with Crippen LogP contribution < -0.4 is 4.90 Å². The zero-order chi connectivity index (χ0) is 13.3. The summed E-state index contributed by atoms with van der Waals surface area (Å²) in [5.41, 5.74) is 1.92. The average Bonchev–Trinajstić information content (AvgIpc) is 2.28. The molecule has 1 atom stereocenters. The van der Waals surface area contributed by atoms with Crippen LogP contribution in [0.25, 0.3) is 0 Å². The molecular weight excluding hydrogens is 293 g/mol. The maximum absolute atomic E-state index is 11.6. The summed E-state index contributed by atoms with van der Waals surface area (Å²) < 4.78 is 23.2. The number of rotatable bonds is 2. The fourth-order valence-electron chi connectivity index (χ4n) is 2.27. The predicted octanol–water partition coefficient (Wildman–Crippen LogP) is 2.70. The van der Waals surface area contributed by atoms with E-state index in [-0.39, 0.29) is 17.5 Å². The fourth-order valence-corrected chi connectivity index (χ4v) is 4.22. The number of anilines is 1. The lowest BCUT2D eigenvalue weighted by Gasteiger charge is -2.36. The fraction of sp³-hybridized carbons (Fsp3) is 0.500. The first-order chi connectivity index (χ1) is 8.43. The van der Waals surface area contributed by atoms with Crippen LogP contribution in [0.3, 0.4) is 0 Å². The first kappa shape index (κ1) is 14.0. The molecule has 1 aromatic rings. The van der Waals surface area contributed by atoms with Crippen molar-refractivity contribution >= 4 is 38.7 Å². The molecule has 1 saturated heterocycles. The minimum atomic E-state index is -2.91. The number of hydrogen-bond acceptors (Lipinski definition) is 3. The third-order valence-electron chi connectivity index (χ3n) is 3.17. The molecule has 0 aromatic heterocycles. The van der Waals surface area contributed by atoms with Gasteiger partial charge in [-0.15, -0.1) is 11.6 Å². The molecule has 1 unspecified atom stereocenters. The lowest BCUT2D eigenvalue weighted by Crippen LogP contribution is -2.47. The van der Waals surface area contributed by atoms with Crippen LogP contribution in [0, 0.1) is 0 Å². The van der Waals surface area contributed by atoms with E-state index in [9.17, 15) is 8.42 Å². The molecule has 18 heavy (non-hydrogen) atoms. The highest BCUT2D eigenvalue weighted by Gasteiger charge is 2.29. The summed E-state index contributed by atoms with van der Waals surface area (Å²) in [4.78, 5) is 2.07. The van der Waals surface area contributed by atoms with Gasteiger partial charge in [0.2, 0.25) is 0 Å². The molecule has 1 aliphatic rings. The van der Waals surface area contributed by atoms with Gasteiger partial charge in [0.25, 0.3) is 0 Å². The molecule has 100 valence electrons. The van der Waals surface area contributed by atoms with Gasteiger partial charge in [-0.05, 0) is 24.6 Å². The Bertz CT molecular complexity index is 545. The second-order valence-corrected chi connectivity index (χ2v) is 7.50. The van der Waals surface area contributed by atoms with Crippen molar-refractivity contribution in [2.75, 3.05) is 23.0 Å². The molecule has 1 fully saturated rings. The predicted molar refractivity (Wildman–Crippen MR) is 76.5 cm³/mol. The van der Waals surface area contributed by atoms with Gasteiger partial charge >= 0.3 is 0 Å². The van der Waals surface area contributed by atoms with Crippen molar-refractivity contribution in [1.82, 2.24) is 0 Å². The van der Waals surface area contributed by atoms with E-state index < -0.39 is 9.84 Å². The van der Waals surface area contributed by atoms with Crippen molar-refractivity contribution in [3.05, 3.63) is 28.8 Å².